The van der Waals surface area contributed by atoms with E-state index in [1.807, 2.05) is 0 Å². The van der Waals surface area contributed by atoms with Crippen molar-refractivity contribution >= 4 is 21.9 Å². The van der Waals surface area contributed by atoms with Gasteiger partial charge in [0.1, 0.15) is 4.83 Å². The van der Waals surface area contributed by atoms with Crippen molar-refractivity contribution in [3.63, 3.8) is 0 Å². The summed E-state index contributed by atoms with van der Waals surface area (Å²) in [6, 6.07) is 0. The van der Waals surface area contributed by atoms with Crippen molar-refractivity contribution in [3.05, 3.63) is 0 Å². The summed E-state index contributed by atoms with van der Waals surface area (Å²) < 4.78 is 4.61. The molecule has 0 heterocycles. The third kappa shape index (κ3) is 4.80. The maximum Gasteiger partial charge on any atom is 0.320 e. The van der Waals surface area contributed by atoms with Crippen LogP contribution in [-0.4, -0.2) is 42.2 Å². The van der Waals surface area contributed by atoms with Crippen molar-refractivity contribution in [3.8, 4) is 0 Å². The number of halogens is 1. The Bertz CT molecular complexity index is 217. The van der Waals surface area contributed by atoms with Gasteiger partial charge in [0.05, 0.1) is 13.2 Å². The molecule has 1 rings (SSSR count). The highest BCUT2D eigenvalue weighted by molar-refractivity contribution is 9.10. The van der Waals surface area contributed by atoms with Crippen LogP contribution in [0.25, 0.3) is 0 Å². The van der Waals surface area contributed by atoms with Crippen LogP contribution in [0.15, 0.2) is 0 Å². The van der Waals surface area contributed by atoms with E-state index in [2.05, 4.69) is 26.0 Å². The van der Waals surface area contributed by atoms with Gasteiger partial charge in [0.15, 0.2) is 0 Å². The molecule has 0 amide bonds. The van der Waals surface area contributed by atoms with Crippen LogP contribution in [0.5, 0.6) is 0 Å². The maximum atomic E-state index is 11.1. The molecule has 0 aromatic carbocycles. The Labute approximate surface area is 105 Å². The third-order valence-corrected chi connectivity index (χ3v) is 3.73. The monoisotopic (exact) mass is 293 g/mol. The van der Waals surface area contributed by atoms with Crippen LogP contribution in [0.2, 0.25) is 0 Å². The molecule has 0 aliphatic heterocycles. The number of aliphatic hydroxyl groups excluding tert-OH is 1. The first kappa shape index (κ1) is 13.9. The molecule has 0 radical (unpaired) electrons. The number of nitrogens with one attached hydrogen (secondary N) is 1. The van der Waals surface area contributed by atoms with E-state index < -0.39 is 0 Å². The van der Waals surface area contributed by atoms with Gasteiger partial charge in [0.25, 0.3) is 0 Å². The summed E-state index contributed by atoms with van der Waals surface area (Å²) in [5.41, 5.74) is 0. The number of ether oxygens (including phenoxy) is 1. The normalized spacial score (nSPS) is 27.4. The van der Waals surface area contributed by atoms with Crippen molar-refractivity contribution in [1.29, 1.82) is 0 Å². The molecule has 1 aliphatic carbocycles. The molecule has 1 fully saturated rings. The molecule has 0 aromatic rings. The summed E-state index contributed by atoms with van der Waals surface area (Å²) in [5.74, 6) is 0.382. The van der Waals surface area contributed by atoms with Gasteiger partial charge < -0.3 is 15.2 Å². The van der Waals surface area contributed by atoms with Crippen molar-refractivity contribution < 1.29 is 14.6 Å². The number of carbonyl (C=O) groups excluding carboxylic acids is 1. The molecular formula is C11H20BrNO3. The van der Waals surface area contributed by atoms with Crippen molar-refractivity contribution in [1.82, 2.24) is 5.32 Å². The molecule has 0 aromatic heterocycles. The molecule has 5 heteroatoms. The minimum absolute atomic E-state index is 0.102. The number of aliphatic hydroxyl groups is 1. The SMILES string of the molecule is COC(=O)C(Br)CNCC1CCC(O)CC1. The lowest BCUT2D eigenvalue weighted by molar-refractivity contribution is -0.139. The Balaban J connectivity index is 2.09. The molecule has 1 aliphatic rings. The maximum absolute atomic E-state index is 11.1. The largest absolute Gasteiger partial charge is 0.468 e. The Morgan fingerprint density at radius 2 is 2.12 bits per heavy atom. The molecule has 1 unspecified atom stereocenters. The molecule has 0 spiro atoms. The van der Waals surface area contributed by atoms with E-state index in [4.69, 9.17) is 0 Å². The average Bonchev–Trinajstić information content (AvgIpc) is 2.30. The van der Waals surface area contributed by atoms with Crippen molar-refractivity contribution in [2.45, 2.75) is 36.6 Å². The molecule has 2 N–H and O–H groups in total. The van der Waals surface area contributed by atoms with Gasteiger partial charge in [-0.15, -0.1) is 0 Å². The predicted octanol–water partition coefficient (Wildman–Crippen LogP) is 1.06. The van der Waals surface area contributed by atoms with E-state index in [-0.39, 0.29) is 16.9 Å². The van der Waals surface area contributed by atoms with Gasteiger partial charge in [-0.05, 0) is 38.1 Å². The molecular weight excluding hydrogens is 274 g/mol. The second-order valence-electron chi connectivity index (χ2n) is 4.32. The van der Waals surface area contributed by atoms with E-state index in [9.17, 15) is 9.90 Å². The summed E-state index contributed by atoms with van der Waals surface area (Å²) in [6.07, 6.45) is 3.84. The lowest BCUT2D eigenvalue weighted by Gasteiger charge is -2.25. The van der Waals surface area contributed by atoms with Gasteiger partial charge >= 0.3 is 5.97 Å². The zero-order valence-electron chi connectivity index (χ0n) is 9.62. The van der Waals surface area contributed by atoms with Gasteiger partial charge in [0, 0.05) is 6.54 Å². The smallest absolute Gasteiger partial charge is 0.320 e. The van der Waals surface area contributed by atoms with Gasteiger partial charge in [-0.3, -0.25) is 4.79 Å². The fourth-order valence-electron chi connectivity index (χ4n) is 1.97. The van der Waals surface area contributed by atoms with Crippen molar-refractivity contribution in [2.24, 2.45) is 5.92 Å². The topological polar surface area (TPSA) is 58.6 Å². The third-order valence-electron chi connectivity index (χ3n) is 3.03. The first-order chi connectivity index (χ1) is 7.63. The standard InChI is InChI=1S/C11H20BrNO3/c1-16-11(15)10(12)7-13-6-8-2-4-9(14)5-3-8/h8-10,13-14H,2-7H2,1H3. The number of carbonyl (C=O) groups is 1. The highest BCUT2D eigenvalue weighted by Crippen LogP contribution is 2.23. The van der Waals surface area contributed by atoms with Crippen molar-refractivity contribution in [2.75, 3.05) is 20.2 Å². The second-order valence-corrected chi connectivity index (χ2v) is 5.43. The molecule has 4 nitrogen and oxygen atoms in total. The van der Waals surface area contributed by atoms with Gasteiger partial charge in [-0.25, -0.2) is 0 Å². The highest BCUT2D eigenvalue weighted by atomic mass is 79.9. The molecule has 94 valence electrons. The zero-order valence-corrected chi connectivity index (χ0v) is 11.2. The van der Waals surface area contributed by atoms with Gasteiger partial charge in [-0.2, -0.15) is 0 Å². The highest BCUT2D eigenvalue weighted by Gasteiger charge is 2.20. The van der Waals surface area contributed by atoms with E-state index in [1.54, 1.807) is 0 Å². The number of hydrogen-bond acceptors (Lipinski definition) is 4. The minimum Gasteiger partial charge on any atom is -0.468 e. The van der Waals surface area contributed by atoms with Crippen LogP contribution in [0.4, 0.5) is 0 Å². The summed E-state index contributed by atoms with van der Waals surface area (Å²) in [6.45, 7) is 1.50. The predicted molar refractivity (Wildman–Crippen MR) is 65.6 cm³/mol. The summed E-state index contributed by atoms with van der Waals surface area (Å²) in [7, 11) is 1.39. The van der Waals surface area contributed by atoms with Gasteiger partial charge in [0.2, 0.25) is 0 Å². The Morgan fingerprint density at radius 3 is 2.69 bits per heavy atom. The van der Waals surface area contributed by atoms with Crippen LogP contribution in [-0.2, 0) is 9.53 Å². The van der Waals surface area contributed by atoms with E-state index >= 15 is 0 Å². The Kier molecular flexibility index (Phi) is 6.31. The summed E-state index contributed by atoms with van der Waals surface area (Å²) in [5, 5.41) is 12.6. The first-order valence-corrected chi connectivity index (χ1v) is 6.65. The second kappa shape index (κ2) is 7.25. The number of rotatable bonds is 5. The molecule has 1 saturated carbocycles. The number of esters is 1. The van der Waals surface area contributed by atoms with E-state index in [0.29, 0.717) is 12.5 Å². The lowest BCUT2D eigenvalue weighted by Crippen LogP contribution is -2.34. The molecule has 0 bridgehead atoms. The number of hydrogen-bond donors (Lipinski definition) is 2. The van der Waals surface area contributed by atoms with Crippen LogP contribution >= 0.6 is 15.9 Å². The molecule has 1 atom stereocenters. The fourth-order valence-corrected chi connectivity index (χ4v) is 2.39. The quantitative estimate of drug-likeness (QED) is 0.588. The average molecular weight is 294 g/mol. The van der Waals surface area contributed by atoms with Crippen LogP contribution < -0.4 is 5.32 Å². The molecule has 16 heavy (non-hydrogen) atoms. The van der Waals surface area contributed by atoms with Crippen LogP contribution in [0.3, 0.4) is 0 Å². The van der Waals surface area contributed by atoms with Crippen LogP contribution in [0, 0.1) is 5.92 Å². The lowest BCUT2D eigenvalue weighted by atomic mass is 9.87. The summed E-state index contributed by atoms with van der Waals surface area (Å²) in [4.78, 5) is 10.8. The summed E-state index contributed by atoms with van der Waals surface area (Å²) >= 11 is 3.26. The first-order valence-electron chi connectivity index (χ1n) is 5.74. The van der Waals surface area contributed by atoms with Crippen LogP contribution in [0.1, 0.15) is 25.7 Å². The molecule has 0 saturated heterocycles. The van der Waals surface area contributed by atoms with Gasteiger partial charge in [-0.1, -0.05) is 15.9 Å². The van der Waals surface area contributed by atoms with E-state index in [1.165, 1.54) is 7.11 Å². The Morgan fingerprint density at radius 1 is 1.50 bits per heavy atom. The zero-order chi connectivity index (χ0) is 12.0. The fraction of sp³-hybridized carbons (Fsp3) is 0.909. The Hall–Kier alpha value is -0.130. The number of methoxy groups -OCH3 is 1. The minimum atomic E-state index is -0.272. The van der Waals surface area contributed by atoms with E-state index in [0.717, 1.165) is 32.2 Å². The number of alkyl halides is 1.